The molecule has 106 valence electrons. The second-order valence-electron chi connectivity index (χ2n) is 4.67. The number of anilines is 1. The van der Waals surface area contributed by atoms with Gasteiger partial charge in [-0.1, -0.05) is 0 Å². The lowest BCUT2D eigenvalue weighted by molar-refractivity contribution is 0.122. The molecule has 7 heteroatoms. The maximum Gasteiger partial charge on any atom is 0.269 e. The van der Waals surface area contributed by atoms with Crippen LogP contribution in [-0.4, -0.2) is 41.1 Å². The van der Waals surface area contributed by atoms with Gasteiger partial charge in [-0.05, 0) is 6.92 Å². The fourth-order valence-corrected chi connectivity index (χ4v) is 2.91. The van der Waals surface area contributed by atoms with Gasteiger partial charge in [-0.25, -0.2) is 9.67 Å². The Morgan fingerprint density at radius 2 is 2.20 bits per heavy atom. The van der Waals surface area contributed by atoms with Gasteiger partial charge in [-0.15, -0.1) is 11.3 Å². The molecule has 3 heterocycles. The minimum atomic E-state index is -0.0817. The van der Waals surface area contributed by atoms with Crippen LogP contribution in [0.2, 0.25) is 0 Å². The van der Waals surface area contributed by atoms with Crippen molar-refractivity contribution in [2.75, 3.05) is 31.2 Å². The lowest BCUT2D eigenvalue weighted by atomic mass is 10.3. The van der Waals surface area contributed by atoms with E-state index in [4.69, 9.17) is 4.74 Å². The summed E-state index contributed by atoms with van der Waals surface area (Å²) in [6.45, 7) is 5.43. The fourth-order valence-electron chi connectivity index (χ4n) is 2.15. The Hall–Kier alpha value is -1.73. The van der Waals surface area contributed by atoms with Gasteiger partial charge in [-0.2, -0.15) is 5.10 Å². The molecule has 0 unspecified atom stereocenters. The second-order valence-corrected chi connectivity index (χ2v) is 5.61. The quantitative estimate of drug-likeness (QED) is 0.841. The molecule has 0 amide bonds. The smallest absolute Gasteiger partial charge is 0.269 e. The van der Waals surface area contributed by atoms with E-state index in [9.17, 15) is 4.79 Å². The summed E-state index contributed by atoms with van der Waals surface area (Å²) in [5.41, 5.74) is 3.54. The van der Waals surface area contributed by atoms with E-state index in [1.807, 2.05) is 6.92 Å². The van der Waals surface area contributed by atoms with Gasteiger partial charge in [0.1, 0.15) is 0 Å². The van der Waals surface area contributed by atoms with Crippen LogP contribution < -0.4 is 10.5 Å². The van der Waals surface area contributed by atoms with Crippen molar-refractivity contribution in [3.63, 3.8) is 0 Å². The molecule has 0 aromatic carbocycles. The molecule has 1 fully saturated rings. The summed E-state index contributed by atoms with van der Waals surface area (Å²) in [6, 6.07) is 1.65. The van der Waals surface area contributed by atoms with Crippen molar-refractivity contribution in [3.05, 3.63) is 38.7 Å². The van der Waals surface area contributed by atoms with Crippen molar-refractivity contribution in [2.24, 2.45) is 0 Å². The Kier molecular flexibility index (Phi) is 3.79. The zero-order valence-corrected chi connectivity index (χ0v) is 12.1. The van der Waals surface area contributed by atoms with E-state index in [1.165, 1.54) is 4.68 Å². The first kappa shape index (κ1) is 13.3. The average molecular weight is 292 g/mol. The van der Waals surface area contributed by atoms with Gasteiger partial charge < -0.3 is 9.64 Å². The summed E-state index contributed by atoms with van der Waals surface area (Å²) in [6.07, 6.45) is 1.75. The Morgan fingerprint density at radius 3 is 2.85 bits per heavy atom. The highest BCUT2D eigenvalue weighted by Crippen LogP contribution is 2.14. The first-order valence-electron chi connectivity index (χ1n) is 6.53. The zero-order valence-electron chi connectivity index (χ0n) is 11.3. The number of ether oxygens (including phenoxy) is 1. The largest absolute Gasteiger partial charge is 0.378 e. The lowest BCUT2D eigenvalue weighted by Gasteiger charge is -2.28. The Labute approximate surface area is 120 Å². The molecule has 20 heavy (non-hydrogen) atoms. The molecule has 1 saturated heterocycles. The summed E-state index contributed by atoms with van der Waals surface area (Å²) in [5, 5.41) is 4.27. The summed E-state index contributed by atoms with van der Waals surface area (Å²) >= 11 is 1.55. The molecule has 6 nitrogen and oxygen atoms in total. The van der Waals surface area contributed by atoms with Crippen molar-refractivity contribution in [1.82, 2.24) is 14.8 Å². The van der Waals surface area contributed by atoms with Gasteiger partial charge in [0.15, 0.2) is 0 Å². The second kappa shape index (κ2) is 5.72. The Bertz CT molecular complexity index is 646. The van der Waals surface area contributed by atoms with Gasteiger partial charge in [0.05, 0.1) is 42.8 Å². The zero-order chi connectivity index (χ0) is 13.9. The first-order valence-corrected chi connectivity index (χ1v) is 7.41. The molecular weight excluding hydrogens is 276 g/mol. The van der Waals surface area contributed by atoms with Gasteiger partial charge in [0.25, 0.3) is 5.56 Å². The normalized spacial score (nSPS) is 15.6. The van der Waals surface area contributed by atoms with E-state index in [-0.39, 0.29) is 5.56 Å². The highest BCUT2D eigenvalue weighted by Gasteiger charge is 2.13. The van der Waals surface area contributed by atoms with Crippen molar-refractivity contribution in [3.8, 4) is 0 Å². The molecule has 0 N–H and O–H groups in total. The van der Waals surface area contributed by atoms with Crippen LogP contribution >= 0.6 is 11.3 Å². The van der Waals surface area contributed by atoms with E-state index in [0.29, 0.717) is 19.8 Å². The first-order chi connectivity index (χ1) is 9.74. The average Bonchev–Trinajstić information content (AvgIpc) is 2.87. The number of aromatic nitrogens is 3. The Balaban J connectivity index is 1.80. The number of thiazole rings is 1. The van der Waals surface area contributed by atoms with Crippen LogP contribution in [-0.2, 0) is 11.3 Å². The fraction of sp³-hybridized carbons (Fsp3) is 0.462. The van der Waals surface area contributed by atoms with Crippen LogP contribution in [0.25, 0.3) is 0 Å². The molecule has 0 radical (unpaired) electrons. The number of rotatable bonds is 3. The standard InChI is InChI=1S/C13H16N4O2S/c1-10-12(20-9-14-10)8-17-13(18)6-11(7-15-17)16-2-4-19-5-3-16/h6-7,9H,2-5,8H2,1H3. The SMILES string of the molecule is Cc1ncsc1Cn1ncc(N2CCOCC2)cc1=O. The number of hydrogen-bond donors (Lipinski definition) is 0. The van der Waals surface area contributed by atoms with E-state index >= 15 is 0 Å². The summed E-state index contributed by atoms with van der Waals surface area (Å²) < 4.78 is 6.78. The van der Waals surface area contributed by atoms with Crippen molar-refractivity contribution in [2.45, 2.75) is 13.5 Å². The van der Waals surface area contributed by atoms with Gasteiger partial charge in [-0.3, -0.25) is 4.79 Å². The molecule has 1 aliphatic rings. The Morgan fingerprint density at radius 1 is 1.40 bits per heavy atom. The van der Waals surface area contributed by atoms with Gasteiger partial charge >= 0.3 is 0 Å². The molecule has 0 saturated carbocycles. The predicted octanol–water partition coefficient (Wildman–Crippen LogP) is 0.893. The van der Waals surface area contributed by atoms with Crippen LogP contribution in [0.1, 0.15) is 10.6 Å². The third-order valence-electron chi connectivity index (χ3n) is 3.37. The molecule has 0 spiro atoms. The molecular formula is C13H16N4O2S. The molecule has 0 bridgehead atoms. The number of aryl methyl sites for hydroxylation is 1. The minimum Gasteiger partial charge on any atom is -0.378 e. The molecule has 3 rings (SSSR count). The van der Waals surface area contributed by atoms with Crippen LogP contribution in [0.3, 0.4) is 0 Å². The van der Waals surface area contributed by atoms with Crippen LogP contribution in [0.4, 0.5) is 5.69 Å². The number of morpholine rings is 1. The van der Waals surface area contributed by atoms with Crippen molar-refractivity contribution < 1.29 is 4.74 Å². The summed E-state index contributed by atoms with van der Waals surface area (Å²) in [7, 11) is 0. The topological polar surface area (TPSA) is 60.3 Å². The molecule has 0 aliphatic carbocycles. The number of nitrogens with zero attached hydrogens (tertiary/aromatic N) is 4. The lowest BCUT2D eigenvalue weighted by Crippen LogP contribution is -2.37. The molecule has 0 atom stereocenters. The third-order valence-corrected chi connectivity index (χ3v) is 4.29. The van der Waals surface area contributed by atoms with Crippen molar-refractivity contribution in [1.29, 1.82) is 0 Å². The van der Waals surface area contributed by atoms with E-state index in [2.05, 4.69) is 15.0 Å². The monoisotopic (exact) mass is 292 g/mol. The van der Waals surface area contributed by atoms with E-state index < -0.39 is 0 Å². The van der Waals surface area contributed by atoms with Crippen LogP contribution in [0.5, 0.6) is 0 Å². The minimum absolute atomic E-state index is 0.0817. The molecule has 2 aromatic rings. The third kappa shape index (κ3) is 2.73. The van der Waals surface area contributed by atoms with Gasteiger partial charge in [0, 0.05) is 24.0 Å². The van der Waals surface area contributed by atoms with Crippen LogP contribution in [0.15, 0.2) is 22.6 Å². The van der Waals surface area contributed by atoms with Gasteiger partial charge in [0.2, 0.25) is 0 Å². The van der Waals surface area contributed by atoms with E-state index in [1.54, 1.807) is 29.1 Å². The van der Waals surface area contributed by atoms with E-state index in [0.717, 1.165) is 29.3 Å². The predicted molar refractivity (Wildman–Crippen MR) is 77.5 cm³/mol. The highest BCUT2D eigenvalue weighted by atomic mass is 32.1. The summed E-state index contributed by atoms with van der Waals surface area (Å²) in [4.78, 5) is 19.5. The van der Waals surface area contributed by atoms with Crippen LogP contribution in [0, 0.1) is 6.92 Å². The molecule has 2 aromatic heterocycles. The number of hydrogen-bond acceptors (Lipinski definition) is 6. The molecule has 1 aliphatic heterocycles. The maximum absolute atomic E-state index is 12.1. The summed E-state index contributed by atoms with van der Waals surface area (Å²) in [5.74, 6) is 0. The maximum atomic E-state index is 12.1. The van der Waals surface area contributed by atoms with Crippen molar-refractivity contribution >= 4 is 17.0 Å². The highest BCUT2D eigenvalue weighted by molar-refractivity contribution is 7.09.